The molecule has 7 heteroatoms. The fraction of sp³-hybridized carbons (Fsp3) is 0.333. The second-order valence-electron chi connectivity index (χ2n) is 5.24. The molecule has 2 aromatic heterocycles. The lowest BCUT2D eigenvalue weighted by Crippen LogP contribution is -2.23. The molecule has 2 aromatic rings. The molecular formula is C15H18FN5O. The number of rotatable bonds is 4. The SMILES string of the molecule is NC/C(=C\F)Cn1nc2cc(C3=CCNCC3)ccn2c1=O. The molecule has 0 saturated carbocycles. The monoisotopic (exact) mass is 303 g/mol. The summed E-state index contributed by atoms with van der Waals surface area (Å²) in [6.45, 7) is 1.92. The number of halogens is 1. The van der Waals surface area contributed by atoms with Gasteiger partial charge < -0.3 is 11.1 Å². The zero-order valence-corrected chi connectivity index (χ0v) is 12.1. The van der Waals surface area contributed by atoms with Gasteiger partial charge in [-0.25, -0.2) is 13.9 Å². The Labute approximate surface area is 126 Å². The minimum absolute atomic E-state index is 0.0575. The maximum Gasteiger partial charge on any atom is 0.350 e. The summed E-state index contributed by atoms with van der Waals surface area (Å²) in [4.78, 5) is 12.2. The quantitative estimate of drug-likeness (QED) is 0.871. The summed E-state index contributed by atoms with van der Waals surface area (Å²) < 4.78 is 15.3. The number of hydrogen-bond donors (Lipinski definition) is 2. The van der Waals surface area contributed by atoms with Gasteiger partial charge in [0.1, 0.15) is 0 Å². The highest BCUT2D eigenvalue weighted by atomic mass is 19.1. The van der Waals surface area contributed by atoms with Gasteiger partial charge in [-0.2, -0.15) is 0 Å². The summed E-state index contributed by atoms with van der Waals surface area (Å²) in [7, 11) is 0. The Bertz CT molecular complexity index is 802. The average molecular weight is 303 g/mol. The van der Waals surface area contributed by atoms with E-state index < -0.39 is 0 Å². The lowest BCUT2D eigenvalue weighted by Gasteiger charge is -2.13. The molecule has 0 fully saturated rings. The van der Waals surface area contributed by atoms with Gasteiger partial charge in [-0.05, 0) is 41.8 Å². The molecule has 0 unspecified atom stereocenters. The van der Waals surface area contributed by atoms with Crippen LogP contribution in [0.5, 0.6) is 0 Å². The van der Waals surface area contributed by atoms with Crippen LogP contribution >= 0.6 is 0 Å². The fourth-order valence-electron chi connectivity index (χ4n) is 2.54. The molecule has 1 aliphatic heterocycles. The van der Waals surface area contributed by atoms with E-state index in [0.717, 1.165) is 25.1 Å². The van der Waals surface area contributed by atoms with Crippen molar-refractivity contribution >= 4 is 11.2 Å². The first-order valence-electron chi connectivity index (χ1n) is 7.20. The molecule has 0 bridgehead atoms. The van der Waals surface area contributed by atoms with Crippen LogP contribution in [0.2, 0.25) is 0 Å². The number of nitrogens with zero attached hydrogens (tertiary/aromatic N) is 3. The number of fused-ring (bicyclic) bond motifs is 1. The maximum atomic E-state index is 12.6. The second-order valence-corrected chi connectivity index (χ2v) is 5.24. The van der Waals surface area contributed by atoms with Crippen LogP contribution in [-0.2, 0) is 6.54 Å². The predicted molar refractivity (Wildman–Crippen MR) is 83.2 cm³/mol. The van der Waals surface area contributed by atoms with Crippen molar-refractivity contribution < 1.29 is 4.39 Å². The van der Waals surface area contributed by atoms with Gasteiger partial charge in [-0.1, -0.05) is 6.08 Å². The van der Waals surface area contributed by atoms with Crippen LogP contribution in [0.1, 0.15) is 12.0 Å². The third-order valence-electron chi connectivity index (χ3n) is 3.79. The van der Waals surface area contributed by atoms with Gasteiger partial charge in [0.15, 0.2) is 5.65 Å². The summed E-state index contributed by atoms with van der Waals surface area (Å²) in [5.41, 5.74) is 8.31. The zero-order valence-electron chi connectivity index (χ0n) is 12.1. The minimum Gasteiger partial charge on any atom is -0.327 e. The Kier molecular flexibility index (Phi) is 4.17. The summed E-state index contributed by atoms with van der Waals surface area (Å²) in [5, 5.41) is 7.53. The standard InChI is InChI=1S/C15H18FN5O/c16-8-11(9-17)10-21-15(22)20-6-3-13(7-14(20)19-21)12-1-4-18-5-2-12/h1,3,6-8,18H,2,4-5,9-10,17H2/b11-8+. The van der Waals surface area contributed by atoms with Gasteiger partial charge in [0.2, 0.25) is 0 Å². The smallest absolute Gasteiger partial charge is 0.327 e. The number of nitrogens with two attached hydrogens (primary N) is 1. The van der Waals surface area contributed by atoms with Gasteiger partial charge >= 0.3 is 5.69 Å². The maximum absolute atomic E-state index is 12.6. The molecule has 0 spiro atoms. The molecule has 6 nitrogen and oxygen atoms in total. The van der Waals surface area contributed by atoms with Crippen LogP contribution in [0.15, 0.2) is 41.1 Å². The third-order valence-corrected chi connectivity index (χ3v) is 3.79. The van der Waals surface area contributed by atoms with Crippen molar-refractivity contribution in [1.82, 2.24) is 19.5 Å². The summed E-state index contributed by atoms with van der Waals surface area (Å²) in [6.07, 6.45) is 5.23. The minimum atomic E-state index is -0.298. The van der Waals surface area contributed by atoms with E-state index in [1.807, 2.05) is 12.1 Å². The van der Waals surface area contributed by atoms with E-state index in [9.17, 15) is 9.18 Å². The molecule has 0 saturated heterocycles. The predicted octanol–water partition coefficient (Wildman–Crippen LogP) is 0.685. The molecule has 3 N–H and O–H groups in total. The molecule has 0 aromatic carbocycles. The highest BCUT2D eigenvalue weighted by molar-refractivity contribution is 5.69. The third kappa shape index (κ3) is 2.72. The van der Waals surface area contributed by atoms with E-state index in [2.05, 4.69) is 16.5 Å². The molecule has 22 heavy (non-hydrogen) atoms. The number of nitrogens with one attached hydrogen (secondary N) is 1. The summed E-state index contributed by atoms with van der Waals surface area (Å²) in [5.74, 6) is 0. The molecule has 0 radical (unpaired) electrons. The first-order chi connectivity index (χ1) is 10.7. The van der Waals surface area contributed by atoms with Gasteiger partial charge in [-0.15, -0.1) is 5.10 Å². The Morgan fingerprint density at radius 1 is 1.55 bits per heavy atom. The van der Waals surface area contributed by atoms with Gasteiger partial charge in [-0.3, -0.25) is 4.40 Å². The van der Waals surface area contributed by atoms with E-state index in [4.69, 9.17) is 5.73 Å². The van der Waals surface area contributed by atoms with Crippen molar-refractivity contribution in [1.29, 1.82) is 0 Å². The lowest BCUT2D eigenvalue weighted by atomic mass is 10.0. The van der Waals surface area contributed by atoms with E-state index in [1.54, 1.807) is 6.20 Å². The second kappa shape index (κ2) is 6.25. The van der Waals surface area contributed by atoms with Crippen molar-refractivity contribution in [3.63, 3.8) is 0 Å². The van der Waals surface area contributed by atoms with Crippen molar-refractivity contribution in [2.24, 2.45) is 5.73 Å². The van der Waals surface area contributed by atoms with E-state index >= 15 is 0 Å². The van der Waals surface area contributed by atoms with Crippen LogP contribution in [0.4, 0.5) is 4.39 Å². The molecule has 0 atom stereocenters. The first-order valence-corrected chi connectivity index (χ1v) is 7.20. The Balaban J connectivity index is 1.99. The fourth-order valence-corrected chi connectivity index (χ4v) is 2.54. The summed E-state index contributed by atoms with van der Waals surface area (Å²) >= 11 is 0. The average Bonchev–Trinajstić information content (AvgIpc) is 2.88. The zero-order chi connectivity index (χ0) is 15.5. The number of aromatic nitrogens is 3. The Hall–Kier alpha value is -2.25. The molecule has 0 amide bonds. The Morgan fingerprint density at radius 2 is 2.41 bits per heavy atom. The van der Waals surface area contributed by atoms with Crippen molar-refractivity contribution in [3.8, 4) is 0 Å². The molecule has 0 aliphatic carbocycles. The number of pyridine rings is 1. The highest BCUT2D eigenvalue weighted by Crippen LogP contribution is 2.20. The van der Waals surface area contributed by atoms with Crippen LogP contribution in [0.25, 0.3) is 11.2 Å². The van der Waals surface area contributed by atoms with Crippen molar-refractivity contribution in [2.75, 3.05) is 19.6 Å². The van der Waals surface area contributed by atoms with E-state index in [0.29, 0.717) is 17.6 Å². The van der Waals surface area contributed by atoms with E-state index in [-0.39, 0.29) is 18.8 Å². The summed E-state index contributed by atoms with van der Waals surface area (Å²) in [6, 6.07) is 3.79. The first kappa shape index (κ1) is 14.7. The van der Waals surface area contributed by atoms with Crippen molar-refractivity contribution in [2.45, 2.75) is 13.0 Å². The topological polar surface area (TPSA) is 77.3 Å². The van der Waals surface area contributed by atoms with Crippen molar-refractivity contribution in [3.05, 3.63) is 52.4 Å². The molecule has 3 rings (SSSR count). The molecule has 3 heterocycles. The van der Waals surface area contributed by atoms with Gasteiger partial charge in [0.05, 0.1) is 12.9 Å². The van der Waals surface area contributed by atoms with Crippen LogP contribution in [0, 0.1) is 0 Å². The van der Waals surface area contributed by atoms with Gasteiger partial charge in [0.25, 0.3) is 0 Å². The van der Waals surface area contributed by atoms with Crippen LogP contribution < -0.4 is 16.7 Å². The van der Waals surface area contributed by atoms with Crippen LogP contribution in [-0.4, -0.2) is 33.8 Å². The Morgan fingerprint density at radius 3 is 3.09 bits per heavy atom. The molecule has 116 valence electrons. The lowest BCUT2D eigenvalue weighted by molar-refractivity contribution is 0.616. The number of hydrogen-bond acceptors (Lipinski definition) is 4. The van der Waals surface area contributed by atoms with E-state index in [1.165, 1.54) is 14.7 Å². The van der Waals surface area contributed by atoms with Crippen LogP contribution in [0.3, 0.4) is 0 Å². The molecular weight excluding hydrogens is 285 g/mol. The highest BCUT2D eigenvalue weighted by Gasteiger charge is 2.11. The normalized spacial score (nSPS) is 16.1. The van der Waals surface area contributed by atoms with Gasteiger partial charge in [0, 0.05) is 19.3 Å². The largest absolute Gasteiger partial charge is 0.350 e. The molecule has 1 aliphatic rings.